The fourth-order valence-corrected chi connectivity index (χ4v) is 3.43. The van der Waals surface area contributed by atoms with Gasteiger partial charge < -0.3 is 14.6 Å². The molecule has 4 heterocycles. The van der Waals surface area contributed by atoms with Crippen molar-refractivity contribution in [2.75, 3.05) is 18.0 Å². The quantitative estimate of drug-likeness (QED) is 0.785. The lowest BCUT2D eigenvalue weighted by atomic mass is 10.1. The number of pyridine rings is 1. The number of aryl methyl sites for hydroxylation is 1. The summed E-state index contributed by atoms with van der Waals surface area (Å²) in [4.78, 5) is 6.80. The van der Waals surface area contributed by atoms with Crippen LogP contribution in [0.3, 0.4) is 0 Å². The molecule has 0 amide bonds. The molecule has 1 N–H and O–H groups in total. The lowest BCUT2D eigenvalue weighted by molar-refractivity contribution is 0.419. The van der Waals surface area contributed by atoms with Gasteiger partial charge in [0.25, 0.3) is 0 Å². The third-order valence-electron chi connectivity index (χ3n) is 4.76. The Hall–Kier alpha value is -2.85. The Labute approximate surface area is 146 Å². The summed E-state index contributed by atoms with van der Waals surface area (Å²) in [6.45, 7) is 2.79. The second-order valence-corrected chi connectivity index (χ2v) is 6.55. The van der Waals surface area contributed by atoms with Crippen molar-refractivity contribution in [1.29, 1.82) is 5.26 Å². The highest BCUT2D eigenvalue weighted by Gasteiger charge is 2.21. The molecule has 7 nitrogen and oxygen atoms in total. The van der Waals surface area contributed by atoms with Crippen LogP contribution in [0.1, 0.15) is 24.1 Å². The normalized spacial score (nSPS) is 17.8. The van der Waals surface area contributed by atoms with Gasteiger partial charge in [-0.3, -0.25) is 4.68 Å². The molecular formula is C18H21N7. The third-order valence-corrected chi connectivity index (χ3v) is 4.76. The average Bonchev–Trinajstić information content (AvgIpc) is 3.26. The number of hydrogen-bond acceptors (Lipinski definition) is 5. The van der Waals surface area contributed by atoms with Crippen LogP contribution in [-0.2, 0) is 13.6 Å². The molecule has 1 saturated heterocycles. The number of nitriles is 1. The van der Waals surface area contributed by atoms with E-state index >= 15 is 0 Å². The first-order valence-electron chi connectivity index (χ1n) is 8.56. The Balaban J connectivity index is 1.43. The second kappa shape index (κ2) is 6.57. The van der Waals surface area contributed by atoms with Gasteiger partial charge in [0.05, 0.1) is 29.3 Å². The van der Waals surface area contributed by atoms with Gasteiger partial charge >= 0.3 is 0 Å². The summed E-state index contributed by atoms with van der Waals surface area (Å²) in [5.41, 5.74) is 3.77. The molecule has 1 atom stereocenters. The van der Waals surface area contributed by atoms with Crippen LogP contribution in [0.15, 0.2) is 36.9 Å². The van der Waals surface area contributed by atoms with Gasteiger partial charge in [0.2, 0.25) is 0 Å². The fourth-order valence-electron chi connectivity index (χ4n) is 3.43. The molecule has 3 aromatic rings. The molecule has 1 fully saturated rings. The van der Waals surface area contributed by atoms with Gasteiger partial charge in [-0.25, -0.2) is 4.98 Å². The molecule has 1 unspecified atom stereocenters. The number of fused-ring (bicyclic) bond motifs is 1. The summed E-state index contributed by atoms with van der Waals surface area (Å²) in [5.74, 6) is 0. The Morgan fingerprint density at radius 2 is 2.24 bits per heavy atom. The van der Waals surface area contributed by atoms with Crippen molar-refractivity contribution in [3.8, 4) is 6.07 Å². The van der Waals surface area contributed by atoms with E-state index in [9.17, 15) is 0 Å². The average molecular weight is 335 g/mol. The number of rotatable bonds is 4. The summed E-state index contributed by atoms with van der Waals surface area (Å²) >= 11 is 0. The Kier molecular flexibility index (Phi) is 4.12. The number of nitrogens with zero attached hydrogens (tertiary/aromatic N) is 6. The molecule has 1 aliphatic rings. The minimum Gasteiger partial charge on any atom is -0.367 e. The molecule has 128 valence electrons. The van der Waals surface area contributed by atoms with Crippen LogP contribution in [0.4, 0.5) is 5.69 Å². The van der Waals surface area contributed by atoms with Gasteiger partial charge in [-0.15, -0.1) is 0 Å². The highest BCUT2D eigenvalue weighted by molar-refractivity contribution is 5.45. The molecule has 0 spiro atoms. The minimum atomic E-state index is 0.429. The van der Waals surface area contributed by atoms with Crippen molar-refractivity contribution < 1.29 is 0 Å². The molecule has 0 bridgehead atoms. The van der Waals surface area contributed by atoms with Gasteiger partial charge in [-0.05, 0) is 25.0 Å². The highest BCUT2D eigenvalue weighted by atomic mass is 15.3. The summed E-state index contributed by atoms with van der Waals surface area (Å²) in [6, 6.07) is 6.29. The zero-order chi connectivity index (χ0) is 17.2. The monoisotopic (exact) mass is 335 g/mol. The van der Waals surface area contributed by atoms with Gasteiger partial charge in [-0.2, -0.15) is 10.4 Å². The van der Waals surface area contributed by atoms with E-state index in [0.29, 0.717) is 11.6 Å². The van der Waals surface area contributed by atoms with Gasteiger partial charge in [-0.1, -0.05) is 0 Å². The fraction of sp³-hybridized carbons (Fsp3) is 0.389. The second-order valence-electron chi connectivity index (χ2n) is 6.55. The van der Waals surface area contributed by atoms with Crippen LogP contribution in [0.2, 0.25) is 0 Å². The lowest BCUT2D eigenvalue weighted by Gasteiger charge is -2.34. The first-order chi connectivity index (χ1) is 12.2. The van der Waals surface area contributed by atoms with Crippen molar-refractivity contribution in [1.82, 2.24) is 24.5 Å². The SMILES string of the molecule is Cn1cc(N2CCCC(NCc3cnc4ccc(C#N)cn34)C2)cn1. The molecule has 4 rings (SSSR count). The summed E-state index contributed by atoms with van der Waals surface area (Å²) < 4.78 is 3.84. The van der Waals surface area contributed by atoms with Crippen LogP contribution < -0.4 is 10.2 Å². The first-order valence-corrected chi connectivity index (χ1v) is 8.56. The lowest BCUT2D eigenvalue weighted by Crippen LogP contribution is -2.45. The predicted molar refractivity (Wildman–Crippen MR) is 95.2 cm³/mol. The molecule has 7 heteroatoms. The van der Waals surface area contributed by atoms with E-state index in [2.05, 4.69) is 32.6 Å². The summed E-state index contributed by atoms with van der Waals surface area (Å²) in [7, 11) is 1.95. The van der Waals surface area contributed by atoms with Gasteiger partial charge in [0.1, 0.15) is 11.7 Å². The minimum absolute atomic E-state index is 0.429. The maximum Gasteiger partial charge on any atom is 0.137 e. The zero-order valence-electron chi connectivity index (χ0n) is 14.3. The van der Waals surface area contributed by atoms with E-state index in [1.807, 2.05) is 40.8 Å². The maximum absolute atomic E-state index is 9.09. The van der Waals surface area contributed by atoms with Gasteiger partial charge in [0.15, 0.2) is 0 Å². The Bertz CT molecular complexity index is 917. The first kappa shape index (κ1) is 15.7. The van der Waals surface area contributed by atoms with E-state index in [-0.39, 0.29) is 0 Å². The maximum atomic E-state index is 9.09. The number of imidazole rings is 1. The largest absolute Gasteiger partial charge is 0.367 e. The molecule has 0 aliphatic carbocycles. The predicted octanol–water partition coefficient (Wildman–Crippen LogP) is 1.70. The molecule has 1 aliphatic heterocycles. The van der Waals surface area contributed by atoms with E-state index in [0.717, 1.165) is 43.8 Å². The number of hydrogen-bond donors (Lipinski definition) is 1. The Morgan fingerprint density at radius 3 is 3.04 bits per heavy atom. The van der Waals surface area contributed by atoms with Crippen LogP contribution in [0.25, 0.3) is 5.65 Å². The molecule has 3 aromatic heterocycles. The van der Waals surface area contributed by atoms with Crippen molar-refractivity contribution in [3.63, 3.8) is 0 Å². The number of piperidine rings is 1. The molecule has 0 aromatic carbocycles. The highest BCUT2D eigenvalue weighted by Crippen LogP contribution is 2.19. The molecule has 0 radical (unpaired) electrons. The van der Waals surface area contributed by atoms with Crippen LogP contribution in [-0.4, -0.2) is 38.3 Å². The Morgan fingerprint density at radius 1 is 1.32 bits per heavy atom. The van der Waals surface area contributed by atoms with E-state index in [4.69, 9.17) is 5.26 Å². The van der Waals surface area contributed by atoms with E-state index < -0.39 is 0 Å². The summed E-state index contributed by atoms with van der Waals surface area (Å²) in [5, 5.41) is 17.0. The van der Waals surface area contributed by atoms with Crippen LogP contribution >= 0.6 is 0 Å². The van der Waals surface area contributed by atoms with Crippen molar-refractivity contribution in [3.05, 3.63) is 48.2 Å². The summed E-state index contributed by atoms with van der Waals surface area (Å²) in [6.07, 6.45) is 10.1. The van der Waals surface area contributed by atoms with Crippen LogP contribution in [0.5, 0.6) is 0 Å². The van der Waals surface area contributed by atoms with Crippen molar-refractivity contribution >= 4 is 11.3 Å². The van der Waals surface area contributed by atoms with Crippen molar-refractivity contribution in [2.24, 2.45) is 7.05 Å². The number of aromatic nitrogens is 4. The molecule has 25 heavy (non-hydrogen) atoms. The van der Waals surface area contributed by atoms with Crippen molar-refractivity contribution in [2.45, 2.75) is 25.4 Å². The van der Waals surface area contributed by atoms with Gasteiger partial charge in [0, 0.05) is 45.1 Å². The zero-order valence-corrected chi connectivity index (χ0v) is 14.3. The van der Waals surface area contributed by atoms with E-state index in [1.165, 1.54) is 5.69 Å². The van der Waals surface area contributed by atoms with E-state index in [1.54, 1.807) is 6.07 Å². The standard InChI is InChI=1S/C18H21N7/c1-23-13-17(10-22-23)24-6-2-3-15(12-24)20-8-16-9-21-18-5-4-14(7-19)11-25(16)18/h4-5,9-11,13,15,20H,2-3,6,8,12H2,1H3. The molecular weight excluding hydrogens is 314 g/mol. The number of nitrogens with one attached hydrogen (secondary N) is 1. The topological polar surface area (TPSA) is 74.2 Å². The van der Waals surface area contributed by atoms with Crippen LogP contribution in [0, 0.1) is 11.3 Å². The smallest absolute Gasteiger partial charge is 0.137 e. The third kappa shape index (κ3) is 3.21. The molecule has 0 saturated carbocycles. The number of anilines is 1.